The molecule has 2 unspecified atom stereocenters. The maximum atomic E-state index is 14.0. The van der Waals surface area contributed by atoms with E-state index in [1.165, 1.54) is 16.7 Å². The highest BCUT2D eigenvalue weighted by molar-refractivity contribution is 6.89. The third kappa shape index (κ3) is 3.01. The van der Waals surface area contributed by atoms with Crippen molar-refractivity contribution in [3.63, 3.8) is 0 Å². The van der Waals surface area contributed by atoms with Crippen molar-refractivity contribution in [2.75, 3.05) is 0 Å². The Bertz CT molecular complexity index is 631. The van der Waals surface area contributed by atoms with Gasteiger partial charge < -0.3 is 0 Å². The first-order chi connectivity index (χ1) is 11.4. The molecule has 1 nitrogen and oxygen atoms in total. The maximum Gasteiger partial charge on any atom is 0.142 e. The van der Waals surface area contributed by atoms with Gasteiger partial charge in [-0.15, -0.1) is 0 Å². The molecule has 0 fully saturated rings. The minimum absolute atomic E-state index is 0.178. The van der Waals surface area contributed by atoms with Crippen molar-refractivity contribution in [2.45, 2.75) is 95.8 Å². The number of benzene rings is 1. The fraction of sp³-hybridized carbons (Fsp3) is 0.682. The Morgan fingerprint density at radius 1 is 0.840 bits per heavy atom. The molecule has 0 radical (unpaired) electrons. The van der Waals surface area contributed by atoms with Crippen molar-refractivity contribution >= 4 is 21.9 Å². The number of Topliss-reactive ketones (excluding diaryl/α,β-unsaturated/α-hetero) is 1. The predicted molar refractivity (Wildman–Crippen MR) is 116 cm³/mol. The first-order valence-corrected chi connectivity index (χ1v) is 15.9. The van der Waals surface area contributed by atoms with Crippen molar-refractivity contribution in [1.82, 2.24) is 0 Å². The van der Waals surface area contributed by atoms with Crippen molar-refractivity contribution in [1.29, 1.82) is 0 Å². The Hall–Kier alpha value is -0.676. The van der Waals surface area contributed by atoms with Gasteiger partial charge in [0, 0.05) is 11.1 Å². The molecule has 2 atom stereocenters. The summed E-state index contributed by atoms with van der Waals surface area (Å²) in [5.74, 6) is 0.575. The van der Waals surface area contributed by atoms with E-state index in [9.17, 15) is 4.79 Å². The van der Waals surface area contributed by atoms with E-state index in [0.29, 0.717) is 22.4 Å². The minimum atomic E-state index is -1.88. The molecule has 0 aliphatic heterocycles. The Morgan fingerprint density at radius 2 is 1.32 bits per heavy atom. The van der Waals surface area contributed by atoms with Gasteiger partial charge in [0.05, 0.1) is 16.1 Å². The van der Waals surface area contributed by atoms with Crippen LogP contribution in [0.5, 0.6) is 0 Å². The Morgan fingerprint density at radius 3 is 1.72 bits per heavy atom. The lowest BCUT2D eigenvalue weighted by Crippen LogP contribution is -2.53. The highest BCUT2D eigenvalue weighted by atomic mass is 28.3. The fourth-order valence-corrected chi connectivity index (χ4v) is 16.1. The summed E-state index contributed by atoms with van der Waals surface area (Å²) in [6.45, 7) is 23.6. The van der Waals surface area contributed by atoms with Crippen molar-refractivity contribution in [3.8, 4) is 0 Å². The summed E-state index contributed by atoms with van der Waals surface area (Å²) in [6.07, 6.45) is 0. The number of fused-ring (bicyclic) bond motifs is 1. The Labute approximate surface area is 157 Å². The van der Waals surface area contributed by atoms with Gasteiger partial charge in [-0.1, -0.05) is 79.4 Å². The third-order valence-electron chi connectivity index (χ3n) is 6.89. The lowest BCUT2D eigenvalue weighted by Gasteiger charge is -2.47. The van der Waals surface area contributed by atoms with E-state index in [4.69, 9.17) is 0 Å². The molecule has 1 aliphatic rings. The monoisotopic (exact) mass is 374 g/mol. The predicted octanol–water partition coefficient (Wildman–Crippen LogP) is 6.84. The molecular formula is C22H38OSi2. The van der Waals surface area contributed by atoms with Gasteiger partial charge in [0.1, 0.15) is 5.78 Å². The van der Waals surface area contributed by atoms with Crippen LogP contribution in [-0.2, 0) is 4.79 Å². The molecule has 0 spiro atoms. The molecular weight excluding hydrogens is 336 g/mol. The normalized spacial score (nSPS) is 21.6. The molecule has 1 aromatic rings. The van der Waals surface area contributed by atoms with Gasteiger partial charge in [0.25, 0.3) is 0 Å². The lowest BCUT2D eigenvalue weighted by molar-refractivity contribution is -0.118. The smallest absolute Gasteiger partial charge is 0.142 e. The molecule has 0 N–H and O–H groups in total. The van der Waals surface area contributed by atoms with Gasteiger partial charge in [0.15, 0.2) is 0 Å². The minimum Gasteiger partial charge on any atom is -0.299 e. The van der Waals surface area contributed by atoms with E-state index in [-0.39, 0.29) is 11.1 Å². The maximum absolute atomic E-state index is 14.0. The van der Waals surface area contributed by atoms with Crippen LogP contribution in [0.4, 0.5) is 0 Å². The van der Waals surface area contributed by atoms with Crippen LogP contribution in [0.2, 0.25) is 36.3 Å². The molecule has 0 aromatic heterocycles. The number of rotatable bonds is 5. The molecule has 0 saturated heterocycles. The van der Waals surface area contributed by atoms with Crippen LogP contribution in [0.3, 0.4) is 0 Å². The number of carbonyl (C=O) groups excluding carboxylic acids is 1. The summed E-state index contributed by atoms with van der Waals surface area (Å²) in [5.41, 5.74) is 6.33. The van der Waals surface area contributed by atoms with Gasteiger partial charge in [-0.05, 0) is 40.2 Å². The largest absolute Gasteiger partial charge is 0.299 e. The topological polar surface area (TPSA) is 17.1 Å². The molecule has 25 heavy (non-hydrogen) atoms. The zero-order chi connectivity index (χ0) is 19.3. The summed E-state index contributed by atoms with van der Waals surface area (Å²) >= 11 is 0. The molecule has 1 aromatic carbocycles. The van der Waals surface area contributed by atoms with Gasteiger partial charge in [-0.25, -0.2) is 0 Å². The molecule has 3 heteroatoms. The van der Waals surface area contributed by atoms with Gasteiger partial charge in [-0.2, -0.15) is 0 Å². The Kier molecular flexibility index (Phi) is 5.62. The Balaban J connectivity index is 2.83. The standard InChI is InChI=1S/C22H38OSi2/c1-14(2)25(15(3)4,16(5)6)21-18-13-11-12-17(7)19(18)22(20(21)23)24(8,9)10/h11-16,21-22H,1-10H3. The average Bonchev–Trinajstić information content (AvgIpc) is 2.73. The van der Waals surface area contributed by atoms with Gasteiger partial charge in [0.2, 0.25) is 0 Å². The van der Waals surface area contributed by atoms with Crippen LogP contribution >= 0.6 is 0 Å². The summed E-state index contributed by atoms with van der Waals surface area (Å²) < 4.78 is 0. The van der Waals surface area contributed by atoms with E-state index >= 15 is 0 Å². The second-order valence-electron chi connectivity index (χ2n) is 10.2. The fourth-order valence-electron chi connectivity index (χ4n) is 6.19. The van der Waals surface area contributed by atoms with Crippen LogP contribution < -0.4 is 0 Å². The number of aryl methyl sites for hydroxylation is 1. The second kappa shape index (κ2) is 6.81. The number of carbonyl (C=O) groups is 1. The molecule has 140 valence electrons. The van der Waals surface area contributed by atoms with E-state index in [1.54, 1.807) is 0 Å². The van der Waals surface area contributed by atoms with E-state index < -0.39 is 16.1 Å². The summed E-state index contributed by atoms with van der Waals surface area (Å²) in [4.78, 5) is 14.0. The van der Waals surface area contributed by atoms with Crippen LogP contribution in [0.1, 0.15) is 69.3 Å². The zero-order valence-corrected chi connectivity index (χ0v) is 20.0. The van der Waals surface area contributed by atoms with Crippen LogP contribution in [-0.4, -0.2) is 21.9 Å². The second-order valence-corrected chi connectivity index (χ2v) is 21.5. The van der Waals surface area contributed by atoms with Crippen molar-refractivity contribution in [3.05, 3.63) is 34.9 Å². The zero-order valence-electron chi connectivity index (χ0n) is 18.0. The molecule has 0 heterocycles. The average molecular weight is 375 g/mol. The quantitative estimate of drug-likeness (QED) is 0.515. The molecule has 0 bridgehead atoms. The van der Waals surface area contributed by atoms with Crippen LogP contribution in [0.25, 0.3) is 0 Å². The molecule has 2 rings (SSSR count). The van der Waals surface area contributed by atoms with Crippen LogP contribution in [0, 0.1) is 6.92 Å². The SMILES string of the molecule is Cc1cccc2c1C([Si](C)(C)C)C(=O)C2[Si](C(C)C)(C(C)C)C(C)C. The summed E-state index contributed by atoms with van der Waals surface area (Å²) in [5, 5.41) is 0. The number of hydrogen-bond acceptors (Lipinski definition) is 1. The van der Waals surface area contributed by atoms with Gasteiger partial charge in [-0.3, -0.25) is 4.79 Å². The van der Waals surface area contributed by atoms with E-state index in [2.05, 4.69) is 86.3 Å². The number of ketones is 1. The summed E-state index contributed by atoms with van der Waals surface area (Å²) in [7, 11) is -3.50. The first kappa shape index (κ1) is 20.6. The third-order valence-corrected chi connectivity index (χ3v) is 16.8. The van der Waals surface area contributed by atoms with Gasteiger partial charge >= 0.3 is 0 Å². The van der Waals surface area contributed by atoms with E-state index in [1.807, 2.05) is 0 Å². The van der Waals surface area contributed by atoms with Crippen LogP contribution in [0.15, 0.2) is 18.2 Å². The molecule has 1 aliphatic carbocycles. The molecule has 0 amide bonds. The summed E-state index contributed by atoms with van der Waals surface area (Å²) in [6, 6.07) is 6.69. The molecule has 0 saturated carbocycles. The lowest BCUT2D eigenvalue weighted by atomic mass is 10.0. The van der Waals surface area contributed by atoms with Crippen molar-refractivity contribution < 1.29 is 4.79 Å². The highest BCUT2D eigenvalue weighted by Crippen LogP contribution is 2.57. The number of hydrogen-bond donors (Lipinski definition) is 0. The first-order valence-electron chi connectivity index (χ1n) is 10.0. The highest BCUT2D eigenvalue weighted by Gasteiger charge is 2.58. The van der Waals surface area contributed by atoms with E-state index in [0.717, 1.165) is 0 Å². The van der Waals surface area contributed by atoms with Crippen molar-refractivity contribution in [2.24, 2.45) is 0 Å².